The van der Waals surface area contributed by atoms with Crippen molar-refractivity contribution in [2.45, 2.75) is 6.54 Å². The third-order valence-electron chi connectivity index (χ3n) is 2.24. The number of nitrogens with zero attached hydrogens (tertiary/aromatic N) is 2. The van der Waals surface area contributed by atoms with Crippen molar-refractivity contribution in [2.75, 3.05) is 0 Å². The van der Waals surface area contributed by atoms with Gasteiger partial charge in [-0.3, -0.25) is 0 Å². The predicted octanol–water partition coefficient (Wildman–Crippen LogP) is 1.91. The topological polar surface area (TPSA) is 75.1 Å². The average molecular weight is 229 g/mol. The van der Waals surface area contributed by atoms with Crippen LogP contribution >= 0.6 is 0 Å². The summed E-state index contributed by atoms with van der Waals surface area (Å²) >= 11 is 0. The molecule has 1 aromatic heterocycles. The van der Waals surface area contributed by atoms with E-state index in [1.165, 1.54) is 0 Å². The van der Waals surface area contributed by atoms with Crippen molar-refractivity contribution in [3.8, 4) is 11.3 Å². The number of aromatic nitrogens is 2. The Kier molecular flexibility index (Phi) is 3.30. The Morgan fingerprint density at radius 3 is 2.88 bits per heavy atom. The van der Waals surface area contributed by atoms with E-state index in [0.29, 0.717) is 0 Å². The summed E-state index contributed by atoms with van der Waals surface area (Å²) in [6, 6.07) is 11.2. The number of nitrogens with one attached hydrogen (secondary N) is 1. The van der Waals surface area contributed by atoms with Crippen LogP contribution in [0.2, 0.25) is 0 Å². The Bertz CT molecular complexity index is 514. The third kappa shape index (κ3) is 3.01. The summed E-state index contributed by atoms with van der Waals surface area (Å²) < 4.78 is 0. The van der Waals surface area contributed by atoms with E-state index in [1.807, 2.05) is 36.4 Å². The molecule has 0 aliphatic carbocycles. The molecule has 0 saturated carbocycles. The van der Waals surface area contributed by atoms with E-state index >= 15 is 0 Å². The van der Waals surface area contributed by atoms with Crippen LogP contribution in [0, 0.1) is 0 Å². The predicted molar refractivity (Wildman–Crippen MR) is 62.3 cm³/mol. The van der Waals surface area contributed by atoms with E-state index in [-0.39, 0.29) is 6.54 Å². The summed E-state index contributed by atoms with van der Waals surface area (Å²) in [6.45, 7) is 0.281. The van der Waals surface area contributed by atoms with Gasteiger partial charge in [0.15, 0.2) is 0 Å². The lowest BCUT2D eigenvalue weighted by atomic mass is 10.1. The number of carboxylic acid groups (broad SMARTS) is 1. The largest absolute Gasteiger partial charge is 0.465 e. The maximum Gasteiger partial charge on any atom is 0.404 e. The van der Waals surface area contributed by atoms with Crippen molar-refractivity contribution >= 4 is 6.09 Å². The lowest BCUT2D eigenvalue weighted by Gasteiger charge is -2.04. The zero-order chi connectivity index (χ0) is 12.1. The van der Waals surface area contributed by atoms with Gasteiger partial charge in [0.05, 0.1) is 5.69 Å². The Balaban J connectivity index is 2.20. The molecule has 0 spiro atoms. The highest BCUT2D eigenvalue weighted by Gasteiger charge is 2.01. The molecule has 0 unspecified atom stereocenters. The molecule has 0 radical (unpaired) electrons. The van der Waals surface area contributed by atoms with Crippen LogP contribution in [0.15, 0.2) is 42.6 Å². The first-order valence-electron chi connectivity index (χ1n) is 5.09. The van der Waals surface area contributed by atoms with Crippen LogP contribution in [0.25, 0.3) is 11.3 Å². The van der Waals surface area contributed by atoms with Gasteiger partial charge < -0.3 is 10.4 Å². The molecule has 0 aliphatic rings. The van der Waals surface area contributed by atoms with Crippen LogP contribution in [0.1, 0.15) is 5.56 Å². The molecule has 2 rings (SSSR count). The van der Waals surface area contributed by atoms with Crippen molar-refractivity contribution < 1.29 is 9.90 Å². The maximum atomic E-state index is 10.4. The molecular weight excluding hydrogens is 218 g/mol. The Labute approximate surface area is 98.1 Å². The van der Waals surface area contributed by atoms with Crippen LogP contribution in [-0.4, -0.2) is 21.4 Å². The lowest BCUT2D eigenvalue weighted by Crippen LogP contribution is -2.19. The SMILES string of the molecule is O=C(O)NCc1cccc(-c2cccnn2)c1. The van der Waals surface area contributed by atoms with Crippen LogP contribution in [0.4, 0.5) is 4.79 Å². The standard InChI is InChI=1S/C12H11N3O2/c16-12(17)13-8-9-3-1-4-10(7-9)11-5-2-6-14-15-11/h1-7,13H,8H2,(H,16,17). The van der Waals surface area contributed by atoms with Gasteiger partial charge in [-0.15, -0.1) is 0 Å². The molecule has 0 bridgehead atoms. The van der Waals surface area contributed by atoms with E-state index < -0.39 is 6.09 Å². The van der Waals surface area contributed by atoms with Gasteiger partial charge in [-0.05, 0) is 23.8 Å². The second kappa shape index (κ2) is 5.07. The van der Waals surface area contributed by atoms with Crippen molar-refractivity contribution in [3.05, 3.63) is 48.2 Å². The van der Waals surface area contributed by atoms with Gasteiger partial charge in [-0.25, -0.2) is 4.79 Å². The minimum Gasteiger partial charge on any atom is -0.465 e. The Morgan fingerprint density at radius 1 is 1.29 bits per heavy atom. The molecule has 0 fully saturated rings. The van der Waals surface area contributed by atoms with Crippen LogP contribution < -0.4 is 5.32 Å². The van der Waals surface area contributed by atoms with Gasteiger partial charge in [0.2, 0.25) is 0 Å². The molecule has 86 valence electrons. The molecule has 1 aromatic carbocycles. The van der Waals surface area contributed by atoms with Gasteiger partial charge in [0.1, 0.15) is 0 Å². The van der Waals surface area contributed by atoms with E-state index in [4.69, 9.17) is 5.11 Å². The van der Waals surface area contributed by atoms with Crippen LogP contribution in [0.3, 0.4) is 0 Å². The molecule has 1 amide bonds. The summed E-state index contributed by atoms with van der Waals surface area (Å²) in [5.41, 5.74) is 2.57. The van der Waals surface area contributed by atoms with Crippen molar-refractivity contribution in [2.24, 2.45) is 0 Å². The van der Waals surface area contributed by atoms with E-state index in [1.54, 1.807) is 6.20 Å². The summed E-state index contributed by atoms with van der Waals surface area (Å²) in [5, 5.41) is 18.7. The highest BCUT2D eigenvalue weighted by atomic mass is 16.4. The minimum atomic E-state index is -1.03. The Morgan fingerprint density at radius 2 is 2.18 bits per heavy atom. The van der Waals surface area contributed by atoms with Crippen molar-refractivity contribution in [1.29, 1.82) is 0 Å². The second-order valence-electron chi connectivity index (χ2n) is 3.47. The van der Waals surface area contributed by atoms with E-state index in [0.717, 1.165) is 16.8 Å². The fourth-order valence-electron chi connectivity index (χ4n) is 1.47. The summed E-state index contributed by atoms with van der Waals surface area (Å²) in [5.74, 6) is 0. The molecule has 5 heteroatoms. The van der Waals surface area contributed by atoms with Gasteiger partial charge >= 0.3 is 6.09 Å². The molecule has 0 saturated heterocycles. The first-order valence-corrected chi connectivity index (χ1v) is 5.09. The summed E-state index contributed by atoms with van der Waals surface area (Å²) in [7, 11) is 0. The highest BCUT2D eigenvalue weighted by Crippen LogP contribution is 2.16. The van der Waals surface area contributed by atoms with Crippen molar-refractivity contribution in [1.82, 2.24) is 15.5 Å². The molecular formula is C12H11N3O2. The first-order chi connectivity index (χ1) is 8.25. The monoisotopic (exact) mass is 229 g/mol. The van der Waals surface area contributed by atoms with Gasteiger partial charge in [-0.1, -0.05) is 18.2 Å². The summed E-state index contributed by atoms with van der Waals surface area (Å²) in [6.07, 6.45) is 0.578. The maximum absolute atomic E-state index is 10.4. The Hall–Kier alpha value is -2.43. The number of hydrogen-bond acceptors (Lipinski definition) is 3. The smallest absolute Gasteiger partial charge is 0.404 e. The van der Waals surface area contributed by atoms with Gasteiger partial charge in [0.25, 0.3) is 0 Å². The van der Waals surface area contributed by atoms with Crippen LogP contribution in [0.5, 0.6) is 0 Å². The highest BCUT2D eigenvalue weighted by molar-refractivity contribution is 5.65. The molecule has 2 N–H and O–H groups in total. The van der Waals surface area contributed by atoms with Gasteiger partial charge in [-0.2, -0.15) is 10.2 Å². The summed E-state index contributed by atoms with van der Waals surface area (Å²) in [4.78, 5) is 10.4. The number of rotatable bonds is 3. The quantitative estimate of drug-likeness (QED) is 0.843. The number of amides is 1. The number of benzene rings is 1. The van der Waals surface area contributed by atoms with E-state index in [2.05, 4.69) is 15.5 Å². The first kappa shape index (κ1) is 11.1. The minimum absolute atomic E-state index is 0.281. The number of carbonyl (C=O) groups is 1. The molecule has 1 heterocycles. The third-order valence-corrected chi connectivity index (χ3v) is 2.24. The second-order valence-corrected chi connectivity index (χ2v) is 3.47. The lowest BCUT2D eigenvalue weighted by molar-refractivity contribution is 0.194. The molecule has 0 atom stereocenters. The average Bonchev–Trinajstić information content (AvgIpc) is 2.38. The van der Waals surface area contributed by atoms with Crippen molar-refractivity contribution in [3.63, 3.8) is 0 Å². The number of hydrogen-bond donors (Lipinski definition) is 2. The molecule has 2 aromatic rings. The molecule has 17 heavy (non-hydrogen) atoms. The fourth-order valence-corrected chi connectivity index (χ4v) is 1.47. The van der Waals surface area contributed by atoms with E-state index in [9.17, 15) is 4.79 Å². The zero-order valence-electron chi connectivity index (χ0n) is 9.00. The normalized spacial score (nSPS) is 9.88. The molecule has 5 nitrogen and oxygen atoms in total. The fraction of sp³-hybridized carbons (Fsp3) is 0.0833. The molecule has 0 aliphatic heterocycles. The zero-order valence-corrected chi connectivity index (χ0v) is 9.00. The van der Waals surface area contributed by atoms with Gasteiger partial charge in [0, 0.05) is 18.3 Å². The van der Waals surface area contributed by atoms with Crippen LogP contribution in [-0.2, 0) is 6.54 Å².